The van der Waals surface area contributed by atoms with Crippen LogP contribution in [-0.2, 0) is 26.9 Å². The number of carbonyl (C=O) groups is 2. The van der Waals surface area contributed by atoms with E-state index in [-0.39, 0.29) is 17.9 Å². The molecule has 144 valence electrons. The zero-order chi connectivity index (χ0) is 20.0. The third-order valence-electron chi connectivity index (χ3n) is 3.99. The normalized spacial score (nSPS) is 11.7. The number of amides is 1. The fourth-order valence-electron chi connectivity index (χ4n) is 2.60. The number of aromatic hydroxyl groups is 1. The number of rotatable bonds is 7. The van der Waals surface area contributed by atoms with Crippen molar-refractivity contribution >= 4 is 22.7 Å². The van der Waals surface area contributed by atoms with E-state index in [1.54, 1.807) is 51.1 Å². The van der Waals surface area contributed by atoms with E-state index >= 15 is 0 Å². The van der Waals surface area contributed by atoms with Crippen LogP contribution in [0.2, 0.25) is 0 Å². The van der Waals surface area contributed by atoms with Crippen LogP contribution in [0.4, 0.5) is 0 Å². The lowest BCUT2D eigenvalue weighted by molar-refractivity contribution is -0.124. The average Bonchev–Trinajstić information content (AvgIpc) is 2.67. The lowest BCUT2D eigenvalue weighted by Crippen LogP contribution is -2.28. The minimum Gasteiger partial charge on any atom is -0.507 e. The summed E-state index contributed by atoms with van der Waals surface area (Å²) in [7, 11) is -1.29. The van der Waals surface area contributed by atoms with Crippen molar-refractivity contribution in [3.05, 3.63) is 58.7 Å². The number of hydrogen-bond acceptors (Lipinski definition) is 5. The number of carbonyl (C=O) groups excluding carboxylic acids is 2. The molecular formula is C20H23NO5S. The fourth-order valence-corrected chi connectivity index (χ4v) is 3.54. The lowest BCUT2D eigenvalue weighted by atomic mass is 10.1. The Hall–Kier alpha value is -2.67. The second kappa shape index (κ2) is 9.32. The molecule has 0 heterocycles. The highest BCUT2D eigenvalue weighted by Crippen LogP contribution is 2.22. The van der Waals surface area contributed by atoms with Crippen LogP contribution in [0.25, 0.3) is 0 Å². The summed E-state index contributed by atoms with van der Waals surface area (Å²) in [6.45, 7) is 5.16. The highest BCUT2D eigenvalue weighted by Gasteiger charge is 2.17. The van der Waals surface area contributed by atoms with Gasteiger partial charge in [-0.3, -0.25) is 9.00 Å². The molecule has 0 radical (unpaired) electrons. The van der Waals surface area contributed by atoms with E-state index in [0.717, 1.165) is 16.7 Å². The first-order valence-corrected chi connectivity index (χ1v) is 9.85. The van der Waals surface area contributed by atoms with Gasteiger partial charge in [0.05, 0.1) is 21.3 Å². The first kappa shape index (κ1) is 20.6. The minimum atomic E-state index is -1.29. The van der Waals surface area contributed by atoms with E-state index < -0.39 is 29.3 Å². The first-order chi connectivity index (χ1) is 12.8. The molecule has 2 aromatic carbocycles. The summed E-state index contributed by atoms with van der Waals surface area (Å²) in [5, 5.41) is 12.4. The van der Waals surface area contributed by atoms with Gasteiger partial charge < -0.3 is 15.2 Å². The van der Waals surface area contributed by atoms with Crippen LogP contribution < -0.4 is 5.32 Å². The number of aryl methyl sites for hydroxylation is 2. The number of ether oxygens (including phenoxy) is 1. The summed E-state index contributed by atoms with van der Waals surface area (Å²) in [5.41, 5.74) is 2.50. The number of benzene rings is 2. The van der Waals surface area contributed by atoms with Gasteiger partial charge in [-0.15, -0.1) is 0 Å². The van der Waals surface area contributed by atoms with Gasteiger partial charge in [0.25, 0.3) is 5.91 Å². The molecule has 0 aliphatic rings. The van der Waals surface area contributed by atoms with Crippen LogP contribution in [0.15, 0.2) is 41.3 Å². The summed E-state index contributed by atoms with van der Waals surface area (Å²) in [4.78, 5) is 24.6. The van der Waals surface area contributed by atoms with Crippen molar-refractivity contribution in [1.29, 1.82) is 0 Å². The zero-order valence-corrected chi connectivity index (χ0v) is 16.4. The Labute approximate surface area is 161 Å². The molecule has 6 nitrogen and oxygen atoms in total. The molecule has 0 spiro atoms. The molecule has 0 saturated heterocycles. The maximum absolute atomic E-state index is 12.2. The summed E-state index contributed by atoms with van der Waals surface area (Å²) >= 11 is 0. The van der Waals surface area contributed by atoms with Crippen molar-refractivity contribution in [3.8, 4) is 5.75 Å². The molecular weight excluding hydrogens is 366 g/mol. The largest absolute Gasteiger partial charge is 0.507 e. The maximum atomic E-state index is 12.2. The third kappa shape index (κ3) is 5.40. The standard InChI is InChI=1S/C20H23NO5S/c1-4-27(25)17-8-6-5-7-16(17)20(24)26-12-18(22)21-11-15-9-13(2)19(23)14(3)10-15/h5-10,23H,4,11-12H2,1-3H3,(H,21,22). The highest BCUT2D eigenvalue weighted by atomic mass is 32.2. The van der Waals surface area contributed by atoms with Gasteiger partial charge in [-0.1, -0.05) is 31.2 Å². The monoisotopic (exact) mass is 389 g/mol. The second-order valence-corrected chi connectivity index (χ2v) is 7.77. The van der Waals surface area contributed by atoms with Crippen molar-refractivity contribution < 1.29 is 23.6 Å². The topological polar surface area (TPSA) is 92.7 Å². The number of esters is 1. The molecule has 0 fully saturated rings. The molecule has 2 aromatic rings. The van der Waals surface area contributed by atoms with Crippen LogP contribution >= 0.6 is 0 Å². The molecule has 2 rings (SSSR count). The summed E-state index contributed by atoms with van der Waals surface area (Å²) in [5.74, 6) is -0.502. The zero-order valence-electron chi connectivity index (χ0n) is 15.6. The molecule has 7 heteroatoms. The predicted molar refractivity (Wildman–Crippen MR) is 103 cm³/mol. The van der Waals surface area contributed by atoms with Gasteiger partial charge in [0, 0.05) is 12.3 Å². The van der Waals surface area contributed by atoms with Crippen LogP contribution in [0.1, 0.15) is 34.0 Å². The molecule has 0 bridgehead atoms. The second-order valence-electron chi connectivity index (χ2n) is 6.06. The maximum Gasteiger partial charge on any atom is 0.339 e. The van der Waals surface area contributed by atoms with Crippen LogP contribution in [0, 0.1) is 13.8 Å². The third-order valence-corrected chi connectivity index (χ3v) is 5.36. The smallest absolute Gasteiger partial charge is 0.339 e. The highest BCUT2D eigenvalue weighted by molar-refractivity contribution is 7.85. The van der Waals surface area contributed by atoms with E-state index in [2.05, 4.69) is 5.32 Å². The van der Waals surface area contributed by atoms with Crippen molar-refractivity contribution in [2.45, 2.75) is 32.2 Å². The van der Waals surface area contributed by atoms with Gasteiger partial charge in [-0.2, -0.15) is 0 Å². The molecule has 0 aromatic heterocycles. The molecule has 0 aliphatic heterocycles. The summed E-state index contributed by atoms with van der Waals surface area (Å²) < 4.78 is 17.1. The van der Waals surface area contributed by atoms with Gasteiger partial charge in [-0.25, -0.2) is 4.79 Å². The Kier molecular flexibility index (Phi) is 7.12. The van der Waals surface area contributed by atoms with E-state index in [1.807, 2.05) is 0 Å². The molecule has 1 unspecified atom stereocenters. The van der Waals surface area contributed by atoms with Crippen molar-refractivity contribution in [3.63, 3.8) is 0 Å². The van der Waals surface area contributed by atoms with Gasteiger partial charge >= 0.3 is 5.97 Å². The number of hydrogen-bond donors (Lipinski definition) is 2. The van der Waals surface area contributed by atoms with E-state index in [0.29, 0.717) is 10.6 Å². The van der Waals surface area contributed by atoms with Gasteiger partial charge in [-0.05, 0) is 42.7 Å². The van der Waals surface area contributed by atoms with Crippen molar-refractivity contribution in [2.24, 2.45) is 0 Å². The fraction of sp³-hybridized carbons (Fsp3) is 0.300. The van der Waals surface area contributed by atoms with Crippen LogP contribution in [0.3, 0.4) is 0 Å². The molecule has 27 heavy (non-hydrogen) atoms. The minimum absolute atomic E-state index is 0.204. The number of nitrogens with one attached hydrogen (secondary N) is 1. The molecule has 1 atom stereocenters. The summed E-state index contributed by atoms with van der Waals surface area (Å²) in [6.07, 6.45) is 0. The predicted octanol–water partition coefficient (Wildman–Crippen LogP) is 2.61. The lowest BCUT2D eigenvalue weighted by Gasteiger charge is -2.11. The first-order valence-electron chi connectivity index (χ1n) is 8.53. The Morgan fingerprint density at radius 2 is 1.78 bits per heavy atom. The Morgan fingerprint density at radius 3 is 2.41 bits per heavy atom. The van der Waals surface area contributed by atoms with Gasteiger partial charge in [0.1, 0.15) is 5.75 Å². The molecule has 1 amide bonds. The molecule has 0 aliphatic carbocycles. The van der Waals surface area contributed by atoms with Crippen molar-refractivity contribution in [1.82, 2.24) is 5.32 Å². The van der Waals surface area contributed by atoms with E-state index in [4.69, 9.17) is 4.74 Å². The van der Waals surface area contributed by atoms with Gasteiger partial charge in [0.2, 0.25) is 0 Å². The summed E-state index contributed by atoms with van der Waals surface area (Å²) in [6, 6.07) is 10.1. The van der Waals surface area contributed by atoms with Crippen LogP contribution in [0.5, 0.6) is 5.75 Å². The molecule has 0 saturated carbocycles. The Morgan fingerprint density at radius 1 is 1.15 bits per heavy atom. The van der Waals surface area contributed by atoms with E-state index in [9.17, 15) is 18.9 Å². The van der Waals surface area contributed by atoms with Gasteiger partial charge in [0.15, 0.2) is 6.61 Å². The van der Waals surface area contributed by atoms with Crippen LogP contribution in [-0.4, -0.2) is 33.6 Å². The van der Waals surface area contributed by atoms with Crippen molar-refractivity contribution in [2.75, 3.05) is 12.4 Å². The number of phenolic OH excluding ortho intramolecular Hbond substituents is 1. The van der Waals surface area contributed by atoms with E-state index in [1.165, 1.54) is 6.07 Å². The molecule has 2 N–H and O–H groups in total. The SMILES string of the molecule is CCS(=O)c1ccccc1C(=O)OCC(=O)NCc1cc(C)c(O)c(C)c1. The quantitative estimate of drug-likeness (QED) is 0.710. The Balaban J connectivity index is 1.93. The Bertz CT molecular complexity index is 855. The number of phenols is 1. The average molecular weight is 389 g/mol.